The van der Waals surface area contributed by atoms with Gasteiger partial charge in [-0.1, -0.05) is 12.8 Å². The Morgan fingerprint density at radius 3 is 2.56 bits per heavy atom. The Morgan fingerprint density at radius 1 is 1.07 bits per heavy atom. The summed E-state index contributed by atoms with van der Waals surface area (Å²) in [6.07, 6.45) is 14.0. The first-order valence-electron chi connectivity index (χ1n) is 10.9. The molecule has 1 aromatic heterocycles. The summed E-state index contributed by atoms with van der Waals surface area (Å²) in [5, 5.41) is 4.20. The number of aromatic nitrogens is 2. The Kier molecular flexibility index (Phi) is 6.45. The second kappa shape index (κ2) is 9.20. The van der Waals surface area contributed by atoms with Crippen molar-refractivity contribution in [3.63, 3.8) is 0 Å². The molecule has 4 rings (SSSR count). The summed E-state index contributed by atoms with van der Waals surface area (Å²) in [6.45, 7) is 5.20. The lowest BCUT2D eigenvalue weighted by atomic mass is 9.94. The lowest BCUT2D eigenvalue weighted by molar-refractivity contribution is -0.134. The second-order valence-corrected chi connectivity index (χ2v) is 8.56. The zero-order valence-corrected chi connectivity index (χ0v) is 16.5. The van der Waals surface area contributed by atoms with Gasteiger partial charge in [0.25, 0.3) is 0 Å². The number of rotatable bonds is 7. The molecule has 6 heteroatoms. The van der Waals surface area contributed by atoms with Crippen LogP contribution in [0.25, 0.3) is 0 Å². The van der Waals surface area contributed by atoms with Crippen LogP contribution in [0.2, 0.25) is 0 Å². The minimum absolute atomic E-state index is 0.174. The number of nitrogens with zero attached hydrogens (tertiary/aromatic N) is 4. The van der Waals surface area contributed by atoms with Gasteiger partial charge in [0.15, 0.2) is 0 Å². The minimum atomic E-state index is 0.174. The number of likely N-dealkylation sites (tertiary alicyclic amines) is 1. The van der Waals surface area contributed by atoms with E-state index < -0.39 is 0 Å². The van der Waals surface area contributed by atoms with Gasteiger partial charge in [0, 0.05) is 38.1 Å². The van der Waals surface area contributed by atoms with E-state index in [9.17, 15) is 4.79 Å². The number of hydrogen-bond donors (Lipinski definition) is 0. The number of ether oxygens (including phenoxy) is 1. The van der Waals surface area contributed by atoms with Crippen LogP contribution in [-0.2, 0) is 16.1 Å². The van der Waals surface area contributed by atoms with E-state index in [0.29, 0.717) is 12.5 Å². The molecule has 3 fully saturated rings. The van der Waals surface area contributed by atoms with E-state index in [2.05, 4.69) is 14.9 Å². The molecule has 0 spiro atoms. The van der Waals surface area contributed by atoms with Crippen LogP contribution in [0.4, 0.5) is 0 Å². The van der Waals surface area contributed by atoms with Crippen molar-refractivity contribution >= 4 is 5.91 Å². The molecule has 150 valence electrons. The lowest BCUT2D eigenvalue weighted by Crippen LogP contribution is -2.46. The van der Waals surface area contributed by atoms with Crippen molar-refractivity contribution in [2.24, 2.45) is 5.92 Å². The van der Waals surface area contributed by atoms with Gasteiger partial charge in [0.2, 0.25) is 5.91 Å². The number of carbonyl (C=O) groups excluding carboxylic acids is 1. The third kappa shape index (κ3) is 5.11. The van der Waals surface area contributed by atoms with E-state index in [1.807, 2.05) is 12.3 Å². The Bertz CT molecular complexity index is 571. The van der Waals surface area contributed by atoms with E-state index >= 15 is 0 Å². The highest BCUT2D eigenvalue weighted by atomic mass is 16.5. The quantitative estimate of drug-likeness (QED) is 0.736. The average molecular weight is 375 g/mol. The lowest BCUT2D eigenvalue weighted by Gasteiger charge is -2.38. The normalized spacial score (nSPS) is 25.3. The maximum absolute atomic E-state index is 12.9. The van der Waals surface area contributed by atoms with Crippen LogP contribution in [-0.4, -0.2) is 70.4 Å². The van der Waals surface area contributed by atoms with Crippen molar-refractivity contribution in [1.82, 2.24) is 19.6 Å². The SMILES string of the molecule is O=C(Cn1cccn1)N(CC1CCN(C2CCCC2)CC1)CC1CCCO1. The molecule has 1 amide bonds. The molecule has 1 saturated carbocycles. The molecule has 1 aliphatic carbocycles. The molecule has 1 unspecified atom stereocenters. The Labute approximate surface area is 162 Å². The zero-order chi connectivity index (χ0) is 18.5. The second-order valence-electron chi connectivity index (χ2n) is 8.56. The monoisotopic (exact) mass is 374 g/mol. The number of carbonyl (C=O) groups is 1. The molecule has 1 atom stereocenters. The fraction of sp³-hybridized carbons (Fsp3) is 0.810. The standard InChI is InChI=1S/C21H34N4O2/c26-21(17-25-11-4-10-22-25)24(16-20-7-3-14-27-20)15-18-8-12-23(13-9-18)19-5-1-2-6-19/h4,10-11,18-20H,1-3,5-9,12-17H2. The van der Waals surface area contributed by atoms with Gasteiger partial charge in [0.1, 0.15) is 6.54 Å². The van der Waals surface area contributed by atoms with Crippen LogP contribution < -0.4 is 0 Å². The molecular weight excluding hydrogens is 340 g/mol. The van der Waals surface area contributed by atoms with Gasteiger partial charge in [-0.05, 0) is 63.6 Å². The predicted molar refractivity (Wildman–Crippen MR) is 104 cm³/mol. The van der Waals surface area contributed by atoms with Crippen molar-refractivity contribution in [1.29, 1.82) is 0 Å². The summed E-state index contributed by atoms with van der Waals surface area (Å²) in [7, 11) is 0. The maximum Gasteiger partial charge on any atom is 0.244 e. The van der Waals surface area contributed by atoms with Crippen molar-refractivity contribution in [3.8, 4) is 0 Å². The summed E-state index contributed by atoms with van der Waals surface area (Å²) in [5.41, 5.74) is 0. The van der Waals surface area contributed by atoms with Crippen molar-refractivity contribution in [2.45, 2.75) is 70.1 Å². The van der Waals surface area contributed by atoms with E-state index in [-0.39, 0.29) is 12.0 Å². The molecule has 0 N–H and O–H groups in total. The number of piperidine rings is 1. The molecule has 27 heavy (non-hydrogen) atoms. The molecule has 3 aliphatic rings. The van der Waals surface area contributed by atoms with E-state index in [1.165, 1.54) is 51.6 Å². The van der Waals surface area contributed by atoms with Crippen LogP contribution in [0.1, 0.15) is 51.4 Å². The molecule has 2 saturated heterocycles. The summed E-state index contributed by atoms with van der Waals surface area (Å²) in [5.74, 6) is 0.790. The fourth-order valence-electron chi connectivity index (χ4n) is 5.03. The molecule has 0 aromatic carbocycles. The molecular formula is C21H34N4O2. The van der Waals surface area contributed by atoms with Gasteiger partial charge in [-0.15, -0.1) is 0 Å². The van der Waals surface area contributed by atoms with E-state index in [0.717, 1.165) is 38.6 Å². The minimum Gasteiger partial charge on any atom is -0.376 e. The van der Waals surface area contributed by atoms with Crippen LogP contribution in [0.5, 0.6) is 0 Å². The summed E-state index contributed by atoms with van der Waals surface area (Å²) in [4.78, 5) is 17.7. The molecule has 0 bridgehead atoms. The van der Waals surface area contributed by atoms with E-state index in [1.54, 1.807) is 10.9 Å². The topological polar surface area (TPSA) is 50.6 Å². The van der Waals surface area contributed by atoms with Crippen LogP contribution in [0.15, 0.2) is 18.5 Å². The zero-order valence-electron chi connectivity index (χ0n) is 16.5. The largest absolute Gasteiger partial charge is 0.376 e. The van der Waals surface area contributed by atoms with Gasteiger partial charge in [-0.25, -0.2) is 0 Å². The van der Waals surface area contributed by atoms with Gasteiger partial charge in [-0.2, -0.15) is 5.10 Å². The predicted octanol–water partition coefficient (Wildman–Crippen LogP) is 2.55. The summed E-state index contributed by atoms with van der Waals surface area (Å²) >= 11 is 0. The Hall–Kier alpha value is -1.40. The fourth-order valence-corrected chi connectivity index (χ4v) is 5.03. The summed E-state index contributed by atoms with van der Waals surface area (Å²) in [6, 6.07) is 2.70. The Balaban J connectivity index is 1.31. The summed E-state index contributed by atoms with van der Waals surface area (Å²) < 4.78 is 7.55. The third-order valence-electron chi connectivity index (χ3n) is 6.63. The van der Waals surface area contributed by atoms with Gasteiger partial charge < -0.3 is 14.5 Å². The first kappa shape index (κ1) is 18.9. The van der Waals surface area contributed by atoms with Crippen LogP contribution in [0, 0.1) is 5.92 Å². The van der Waals surface area contributed by atoms with Crippen LogP contribution >= 0.6 is 0 Å². The van der Waals surface area contributed by atoms with Gasteiger partial charge in [-0.3, -0.25) is 9.48 Å². The highest BCUT2D eigenvalue weighted by Crippen LogP contribution is 2.28. The number of hydrogen-bond acceptors (Lipinski definition) is 4. The molecule has 1 aromatic rings. The first-order chi connectivity index (χ1) is 13.3. The smallest absolute Gasteiger partial charge is 0.244 e. The van der Waals surface area contributed by atoms with Crippen molar-refractivity contribution < 1.29 is 9.53 Å². The average Bonchev–Trinajstić information content (AvgIpc) is 3.45. The molecule has 0 radical (unpaired) electrons. The van der Waals surface area contributed by atoms with Crippen LogP contribution in [0.3, 0.4) is 0 Å². The highest BCUT2D eigenvalue weighted by Gasteiger charge is 2.30. The molecule has 6 nitrogen and oxygen atoms in total. The Morgan fingerprint density at radius 2 is 1.89 bits per heavy atom. The van der Waals surface area contributed by atoms with Gasteiger partial charge in [0.05, 0.1) is 6.10 Å². The van der Waals surface area contributed by atoms with E-state index in [4.69, 9.17) is 4.74 Å². The molecule has 3 heterocycles. The van der Waals surface area contributed by atoms with Crippen molar-refractivity contribution in [3.05, 3.63) is 18.5 Å². The van der Waals surface area contributed by atoms with Crippen molar-refractivity contribution in [2.75, 3.05) is 32.8 Å². The van der Waals surface area contributed by atoms with Gasteiger partial charge >= 0.3 is 0 Å². The molecule has 2 aliphatic heterocycles. The third-order valence-corrected chi connectivity index (χ3v) is 6.63. The maximum atomic E-state index is 12.9. The first-order valence-corrected chi connectivity index (χ1v) is 10.9. The number of amides is 1. The highest BCUT2D eigenvalue weighted by molar-refractivity contribution is 5.76.